The SMILES string of the molecule is CC(C)N1C(=O)CCC2CC(C)(C)CCCCCC21. The van der Waals surface area contributed by atoms with Crippen LogP contribution in [0.4, 0.5) is 0 Å². The largest absolute Gasteiger partial charge is 0.337 e. The molecule has 0 spiro atoms. The number of fused-ring (bicyclic) bond motifs is 1. The van der Waals surface area contributed by atoms with Crippen molar-refractivity contribution in [2.75, 3.05) is 0 Å². The summed E-state index contributed by atoms with van der Waals surface area (Å²) in [6.07, 6.45) is 9.78. The topological polar surface area (TPSA) is 20.3 Å². The highest BCUT2D eigenvalue weighted by molar-refractivity contribution is 5.77. The maximum Gasteiger partial charge on any atom is 0.223 e. The second-order valence-corrected chi connectivity index (χ2v) is 7.73. The summed E-state index contributed by atoms with van der Waals surface area (Å²) in [7, 11) is 0. The van der Waals surface area contributed by atoms with E-state index < -0.39 is 0 Å². The fourth-order valence-electron chi connectivity index (χ4n) is 4.27. The van der Waals surface area contributed by atoms with Gasteiger partial charge in [-0.05, 0) is 50.9 Å². The normalized spacial score (nSPS) is 32.5. The second kappa shape index (κ2) is 5.85. The van der Waals surface area contributed by atoms with Gasteiger partial charge in [-0.25, -0.2) is 0 Å². The van der Waals surface area contributed by atoms with Crippen LogP contribution in [0.3, 0.4) is 0 Å². The summed E-state index contributed by atoms with van der Waals surface area (Å²) in [5.41, 5.74) is 0.455. The van der Waals surface area contributed by atoms with Crippen LogP contribution in [-0.2, 0) is 4.79 Å². The molecule has 19 heavy (non-hydrogen) atoms. The zero-order chi connectivity index (χ0) is 14.0. The third-order valence-corrected chi connectivity index (χ3v) is 5.14. The molecule has 110 valence electrons. The van der Waals surface area contributed by atoms with Crippen molar-refractivity contribution in [2.45, 2.75) is 91.1 Å². The molecule has 2 unspecified atom stereocenters. The zero-order valence-electron chi connectivity index (χ0n) is 13.2. The van der Waals surface area contributed by atoms with E-state index >= 15 is 0 Å². The Morgan fingerprint density at radius 3 is 2.58 bits per heavy atom. The Morgan fingerprint density at radius 1 is 1.16 bits per heavy atom. The lowest BCUT2D eigenvalue weighted by atomic mass is 9.73. The summed E-state index contributed by atoms with van der Waals surface area (Å²) < 4.78 is 0. The third-order valence-electron chi connectivity index (χ3n) is 5.14. The van der Waals surface area contributed by atoms with Crippen LogP contribution >= 0.6 is 0 Å². The Morgan fingerprint density at radius 2 is 1.89 bits per heavy atom. The van der Waals surface area contributed by atoms with Crippen molar-refractivity contribution in [1.82, 2.24) is 4.90 Å². The van der Waals surface area contributed by atoms with Crippen molar-refractivity contribution in [3.05, 3.63) is 0 Å². The first-order valence-corrected chi connectivity index (χ1v) is 8.22. The molecule has 2 heteroatoms. The molecule has 0 radical (unpaired) electrons. The molecule has 2 nitrogen and oxygen atoms in total. The lowest BCUT2D eigenvalue weighted by Crippen LogP contribution is -2.52. The van der Waals surface area contributed by atoms with Crippen LogP contribution < -0.4 is 0 Å². The van der Waals surface area contributed by atoms with Crippen LogP contribution in [0.1, 0.15) is 79.1 Å². The number of likely N-dealkylation sites (tertiary alicyclic amines) is 1. The minimum absolute atomic E-state index is 0.365. The first-order chi connectivity index (χ1) is 8.91. The smallest absolute Gasteiger partial charge is 0.223 e. The Balaban J connectivity index is 2.20. The van der Waals surface area contributed by atoms with Gasteiger partial charge in [-0.1, -0.05) is 33.1 Å². The molecule has 1 aliphatic carbocycles. The van der Waals surface area contributed by atoms with E-state index in [0.717, 1.165) is 18.8 Å². The zero-order valence-corrected chi connectivity index (χ0v) is 13.2. The molecule has 1 saturated carbocycles. The Bertz CT molecular complexity index is 321. The molecular weight excluding hydrogens is 234 g/mol. The van der Waals surface area contributed by atoms with Crippen LogP contribution in [-0.4, -0.2) is 22.9 Å². The maximum absolute atomic E-state index is 12.3. The average Bonchev–Trinajstić information content (AvgIpc) is 2.37. The predicted molar refractivity (Wildman–Crippen MR) is 80.0 cm³/mol. The molecule has 2 fully saturated rings. The molecule has 0 aromatic carbocycles. The molecule has 1 heterocycles. The molecule has 2 rings (SSSR count). The quantitative estimate of drug-likeness (QED) is 0.689. The maximum atomic E-state index is 12.3. The van der Waals surface area contributed by atoms with Crippen LogP contribution in [0.15, 0.2) is 0 Å². The van der Waals surface area contributed by atoms with Gasteiger partial charge in [0.15, 0.2) is 0 Å². The number of nitrogens with zero attached hydrogens (tertiary/aromatic N) is 1. The fraction of sp³-hybridized carbons (Fsp3) is 0.941. The van der Waals surface area contributed by atoms with Gasteiger partial charge in [-0.15, -0.1) is 0 Å². The summed E-state index contributed by atoms with van der Waals surface area (Å²) in [5, 5.41) is 0. The van der Waals surface area contributed by atoms with Crippen LogP contribution in [0.2, 0.25) is 0 Å². The van der Waals surface area contributed by atoms with Crippen molar-refractivity contribution in [2.24, 2.45) is 11.3 Å². The van der Waals surface area contributed by atoms with Gasteiger partial charge in [-0.3, -0.25) is 4.79 Å². The van der Waals surface area contributed by atoms with Crippen molar-refractivity contribution < 1.29 is 4.79 Å². The van der Waals surface area contributed by atoms with Gasteiger partial charge in [0.1, 0.15) is 0 Å². The van der Waals surface area contributed by atoms with Gasteiger partial charge in [0.25, 0.3) is 0 Å². The van der Waals surface area contributed by atoms with Gasteiger partial charge >= 0.3 is 0 Å². The van der Waals surface area contributed by atoms with Crippen LogP contribution in [0, 0.1) is 11.3 Å². The third kappa shape index (κ3) is 3.52. The van der Waals surface area contributed by atoms with Crippen molar-refractivity contribution in [1.29, 1.82) is 0 Å². The number of carbonyl (C=O) groups excluding carboxylic acids is 1. The molecule has 1 aliphatic heterocycles. The molecule has 1 saturated heterocycles. The molecular formula is C17H31NO. The van der Waals surface area contributed by atoms with E-state index in [0.29, 0.717) is 23.4 Å². The summed E-state index contributed by atoms with van der Waals surface area (Å²) >= 11 is 0. The van der Waals surface area contributed by atoms with Gasteiger partial charge in [0.05, 0.1) is 0 Å². The van der Waals surface area contributed by atoms with Crippen LogP contribution in [0.5, 0.6) is 0 Å². The Kier molecular flexibility index (Phi) is 4.58. The first-order valence-electron chi connectivity index (χ1n) is 8.22. The van der Waals surface area contributed by atoms with Gasteiger partial charge < -0.3 is 4.90 Å². The minimum atomic E-state index is 0.365. The Labute approximate surface area is 118 Å². The predicted octanol–water partition coefficient (Wildman–Crippen LogP) is 4.38. The van der Waals surface area contributed by atoms with Gasteiger partial charge in [0, 0.05) is 18.5 Å². The minimum Gasteiger partial charge on any atom is -0.337 e. The van der Waals surface area contributed by atoms with Crippen molar-refractivity contribution in [3.63, 3.8) is 0 Å². The van der Waals surface area contributed by atoms with Gasteiger partial charge in [0.2, 0.25) is 5.91 Å². The molecule has 0 aromatic rings. The number of piperidine rings is 1. The molecule has 2 aliphatic rings. The molecule has 0 N–H and O–H groups in total. The molecule has 2 atom stereocenters. The second-order valence-electron chi connectivity index (χ2n) is 7.73. The molecule has 1 amide bonds. The first kappa shape index (κ1) is 14.9. The lowest BCUT2D eigenvalue weighted by molar-refractivity contribution is -0.142. The standard InChI is InChI=1S/C17H31NO/c1-13(2)18-15-8-6-5-7-11-17(3,4)12-14(15)9-10-16(18)19/h13-15H,5-12H2,1-4H3. The number of rotatable bonds is 1. The van der Waals surface area contributed by atoms with E-state index in [1.807, 2.05) is 0 Å². The highest BCUT2D eigenvalue weighted by atomic mass is 16.2. The number of hydrogen-bond donors (Lipinski definition) is 0. The lowest BCUT2D eigenvalue weighted by Gasteiger charge is -2.45. The fourth-order valence-corrected chi connectivity index (χ4v) is 4.27. The van der Waals surface area contributed by atoms with E-state index in [-0.39, 0.29) is 0 Å². The molecule has 0 aromatic heterocycles. The van der Waals surface area contributed by atoms with Gasteiger partial charge in [-0.2, -0.15) is 0 Å². The van der Waals surface area contributed by atoms with E-state index in [1.165, 1.54) is 38.5 Å². The van der Waals surface area contributed by atoms with E-state index in [2.05, 4.69) is 32.6 Å². The van der Waals surface area contributed by atoms with E-state index in [9.17, 15) is 4.79 Å². The number of hydrogen-bond acceptors (Lipinski definition) is 1. The monoisotopic (exact) mass is 265 g/mol. The molecule has 0 bridgehead atoms. The van der Waals surface area contributed by atoms with Crippen LogP contribution in [0.25, 0.3) is 0 Å². The summed E-state index contributed by atoms with van der Waals surface area (Å²) in [6, 6.07) is 0.878. The average molecular weight is 265 g/mol. The summed E-state index contributed by atoms with van der Waals surface area (Å²) in [5.74, 6) is 1.13. The van der Waals surface area contributed by atoms with E-state index in [1.54, 1.807) is 0 Å². The summed E-state index contributed by atoms with van der Waals surface area (Å²) in [4.78, 5) is 14.5. The highest BCUT2D eigenvalue weighted by Gasteiger charge is 2.39. The summed E-state index contributed by atoms with van der Waals surface area (Å²) in [6.45, 7) is 9.20. The number of amides is 1. The highest BCUT2D eigenvalue weighted by Crippen LogP contribution is 2.41. The van der Waals surface area contributed by atoms with Crippen molar-refractivity contribution in [3.8, 4) is 0 Å². The Hall–Kier alpha value is -0.530. The van der Waals surface area contributed by atoms with Crippen molar-refractivity contribution >= 4 is 5.91 Å². The number of carbonyl (C=O) groups is 1. The van der Waals surface area contributed by atoms with E-state index in [4.69, 9.17) is 0 Å².